The van der Waals surface area contributed by atoms with E-state index in [0.717, 1.165) is 6.04 Å². The van der Waals surface area contributed by atoms with Crippen LogP contribution in [0.15, 0.2) is 0 Å². The van der Waals surface area contributed by atoms with Crippen LogP contribution < -0.4 is 0 Å². The van der Waals surface area contributed by atoms with Crippen molar-refractivity contribution in [1.29, 1.82) is 0 Å². The molecule has 2 fully saturated rings. The molecule has 2 heteroatoms. The number of rotatable bonds is 1. The molecule has 2 saturated heterocycles. The molecule has 0 amide bonds. The van der Waals surface area contributed by atoms with Crippen molar-refractivity contribution in [3.63, 3.8) is 0 Å². The van der Waals surface area contributed by atoms with E-state index < -0.39 is 0 Å². The van der Waals surface area contributed by atoms with Crippen molar-refractivity contribution in [2.45, 2.75) is 64.6 Å². The number of hydrogen-bond acceptors (Lipinski definition) is 2. The Morgan fingerprint density at radius 3 is 2.00 bits per heavy atom. The second-order valence-corrected chi connectivity index (χ2v) is 6.67. The highest BCUT2D eigenvalue weighted by Gasteiger charge is 2.48. The van der Waals surface area contributed by atoms with Gasteiger partial charge in [-0.15, -0.1) is 0 Å². The topological polar surface area (TPSA) is 6.48 Å². The lowest BCUT2D eigenvalue weighted by atomic mass is 9.89. The summed E-state index contributed by atoms with van der Waals surface area (Å²) in [6.07, 6.45) is 2.76. The molecule has 2 rings (SSSR count). The van der Waals surface area contributed by atoms with Crippen LogP contribution in [0.3, 0.4) is 0 Å². The van der Waals surface area contributed by atoms with Gasteiger partial charge in [0.25, 0.3) is 0 Å². The largest absolute Gasteiger partial charge is 0.298 e. The lowest BCUT2D eigenvalue weighted by Crippen LogP contribution is -2.60. The highest BCUT2D eigenvalue weighted by molar-refractivity contribution is 5.05. The third-order valence-electron chi connectivity index (χ3n) is 4.28. The molecule has 0 unspecified atom stereocenters. The molecule has 2 aliphatic heterocycles. The van der Waals surface area contributed by atoms with E-state index in [-0.39, 0.29) is 0 Å². The SMILES string of the molecule is CC(C)(C)N1CC[C@H](N2CCC2)C1(C)C. The Morgan fingerprint density at radius 1 is 1.07 bits per heavy atom. The second-order valence-electron chi connectivity index (χ2n) is 6.67. The first-order valence-corrected chi connectivity index (χ1v) is 6.35. The average Bonchev–Trinajstić information content (AvgIpc) is 2.22. The summed E-state index contributed by atoms with van der Waals surface area (Å²) >= 11 is 0. The molecule has 2 heterocycles. The summed E-state index contributed by atoms with van der Waals surface area (Å²) in [5.41, 5.74) is 0.655. The van der Waals surface area contributed by atoms with Gasteiger partial charge in [0.05, 0.1) is 0 Å². The molecule has 0 N–H and O–H groups in total. The zero-order valence-electron chi connectivity index (χ0n) is 11.0. The molecule has 0 aromatic heterocycles. The standard InChI is InChI=1S/C13H26N2/c1-12(2,3)15-10-7-11(13(15,4)5)14-8-6-9-14/h11H,6-10H2,1-5H3/t11-/m0/s1. The van der Waals surface area contributed by atoms with Crippen LogP contribution >= 0.6 is 0 Å². The first kappa shape index (κ1) is 11.4. The maximum absolute atomic E-state index is 2.68. The zero-order valence-corrected chi connectivity index (χ0v) is 11.0. The average molecular weight is 210 g/mol. The maximum Gasteiger partial charge on any atom is 0.0314 e. The molecule has 88 valence electrons. The van der Waals surface area contributed by atoms with Gasteiger partial charge in [-0.25, -0.2) is 0 Å². The Labute approximate surface area is 94.6 Å². The van der Waals surface area contributed by atoms with Crippen LogP contribution in [-0.4, -0.2) is 46.6 Å². The monoisotopic (exact) mass is 210 g/mol. The van der Waals surface area contributed by atoms with Crippen molar-refractivity contribution < 1.29 is 0 Å². The van der Waals surface area contributed by atoms with Gasteiger partial charge in [-0.2, -0.15) is 0 Å². The van der Waals surface area contributed by atoms with Crippen molar-refractivity contribution in [1.82, 2.24) is 9.80 Å². The molecule has 0 spiro atoms. The molecule has 2 nitrogen and oxygen atoms in total. The fourth-order valence-corrected chi connectivity index (χ4v) is 3.55. The smallest absolute Gasteiger partial charge is 0.0314 e. The molecular formula is C13H26N2. The molecule has 0 bridgehead atoms. The minimum Gasteiger partial charge on any atom is -0.298 e. The van der Waals surface area contributed by atoms with Crippen LogP contribution in [0.5, 0.6) is 0 Å². The minimum atomic E-state index is 0.309. The van der Waals surface area contributed by atoms with Gasteiger partial charge in [-0.3, -0.25) is 9.80 Å². The highest BCUT2D eigenvalue weighted by atomic mass is 15.3. The summed E-state index contributed by atoms with van der Waals surface area (Å²) < 4.78 is 0. The number of nitrogens with zero attached hydrogens (tertiary/aromatic N) is 2. The fraction of sp³-hybridized carbons (Fsp3) is 1.00. The number of likely N-dealkylation sites (tertiary alicyclic amines) is 2. The summed E-state index contributed by atoms with van der Waals surface area (Å²) in [4.78, 5) is 5.36. The normalized spacial score (nSPS) is 33.0. The van der Waals surface area contributed by atoms with E-state index >= 15 is 0 Å². The van der Waals surface area contributed by atoms with Crippen LogP contribution in [-0.2, 0) is 0 Å². The predicted octanol–water partition coefficient (Wildman–Crippen LogP) is 2.34. The summed E-state index contributed by atoms with van der Waals surface area (Å²) in [6, 6.07) is 0.783. The summed E-state index contributed by atoms with van der Waals surface area (Å²) in [5, 5.41) is 0. The van der Waals surface area contributed by atoms with Crippen molar-refractivity contribution >= 4 is 0 Å². The minimum absolute atomic E-state index is 0.309. The van der Waals surface area contributed by atoms with Gasteiger partial charge < -0.3 is 0 Å². The van der Waals surface area contributed by atoms with Gasteiger partial charge in [0, 0.05) is 23.7 Å². The van der Waals surface area contributed by atoms with Crippen LogP contribution in [0, 0.1) is 0 Å². The highest BCUT2D eigenvalue weighted by Crippen LogP contribution is 2.39. The van der Waals surface area contributed by atoms with Crippen LogP contribution in [0.4, 0.5) is 0 Å². The van der Waals surface area contributed by atoms with E-state index in [1.54, 1.807) is 0 Å². The molecule has 0 aliphatic carbocycles. The van der Waals surface area contributed by atoms with Crippen molar-refractivity contribution in [2.24, 2.45) is 0 Å². The molecule has 1 atom stereocenters. The van der Waals surface area contributed by atoms with Gasteiger partial charge in [-0.05, 0) is 60.5 Å². The Hall–Kier alpha value is -0.0800. The van der Waals surface area contributed by atoms with Crippen LogP contribution in [0.1, 0.15) is 47.5 Å². The Kier molecular flexibility index (Phi) is 2.63. The molecule has 15 heavy (non-hydrogen) atoms. The molecule has 0 saturated carbocycles. The third-order valence-corrected chi connectivity index (χ3v) is 4.28. The summed E-state index contributed by atoms with van der Waals surface area (Å²) in [5.74, 6) is 0. The number of hydrogen-bond donors (Lipinski definition) is 0. The Balaban J connectivity index is 2.12. The summed E-state index contributed by atoms with van der Waals surface area (Å²) in [7, 11) is 0. The maximum atomic E-state index is 2.68. The Morgan fingerprint density at radius 2 is 1.67 bits per heavy atom. The quantitative estimate of drug-likeness (QED) is 0.655. The first-order chi connectivity index (χ1) is 6.83. The van der Waals surface area contributed by atoms with E-state index in [1.807, 2.05) is 0 Å². The van der Waals surface area contributed by atoms with Crippen molar-refractivity contribution in [3.8, 4) is 0 Å². The van der Waals surface area contributed by atoms with Gasteiger partial charge >= 0.3 is 0 Å². The van der Waals surface area contributed by atoms with E-state index in [4.69, 9.17) is 0 Å². The van der Waals surface area contributed by atoms with Gasteiger partial charge in [0.15, 0.2) is 0 Å². The second kappa shape index (κ2) is 3.46. The molecule has 0 aromatic carbocycles. The Bertz CT molecular complexity index is 235. The zero-order chi connectivity index (χ0) is 11.3. The fourth-order valence-electron chi connectivity index (χ4n) is 3.55. The van der Waals surface area contributed by atoms with E-state index in [1.165, 1.54) is 32.5 Å². The molecule has 0 aromatic rings. The molecule has 2 aliphatic rings. The van der Waals surface area contributed by atoms with Crippen LogP contribution in [0.2, 0.25) is 0 Å². The molecular weight excluding hydrogens is 184 g/mol. The predicted molar refractivity (Wildman–Crippen MR) is 65.1 cm³/mol. The van der Waals surface area contributed by atoms with E-state index in [9.17, 15) is 0 Å². The van der Waals surface area contributed by atoms with Gasteiger partial charge in [0.1, 0.15) is 0 Å². The van der Waals surface area contributed by atoms with E-state index in [2.05, 4.69) is 44.4 Å². The van der Waals surface area contributed by atoms with Crippen molar-refractivity contribution in [2.75, 3.05) is 19.6 Å². The summed E-state index contributed by atoms with van der Waals surface area (Å²) in [6.45, 7) is 15.8. The van der Waals surface area contributed by atoms with Gasteiger partial charge in [0.2, 0.25) is 0 Å². The van der Waals surface area contributed by atoms with Crippen molar-refractivity contribution in [3.05, 3.63) is 0 Å². The lowest BCUT2D eigenvalue weighted by molar-refractivity contribution is 0.00406. The third kappa shape index (κ3) is 1.83. The van der Waals surface area contributed by atoms with Gasteiger partial charge in [-0.1, -0.05) is 0 Å². The van der Waals surface area contributed by atoms with Crippen LogP contribution in [0.25, 0.3) is 0 Å². The first-order valence-electron chi connectivity index (χ1n) is 6.35. The van der Waals surface area contributed by atoms with E-state index in [0.29, 0.717) is 11.1 Å². The lowest BCUT2D eigenvalue weighted by Gasteiger charge is -2.49. The molecule has 0 radical (unpaired) electrons.